The van der Waals surface area contributed by atoms with Gasteiger partial charge in [0.2, 0.25) is 11.8 Å². The summed E-state index contributed by atoms with van der Waals surface area (Å²) in [5, 5.41) is 5.66. The summed E-state index contributed by atoms with van der Waals surface area (Å²) in [5.74, 6) is -0.938. The second-order valence-corrected chi connectivity index (χ2v) is 10.5. The van der Waals surface area contributed by atoms with Crippen LogP contribution in [-0.2, 0) is 27.4 Å². The Bertz CT molecular complexity index is 1090. The zero-order chi connectivity index (χ0) is 25.5. The Hall–Kier alpha value is -3.27. The Kier molecular flexibility index (Phi) is 6.68. The Morgan fingerprint density at radius 2 is 1.89 bits per heavy atom. The predicted octanol–water partition coefficient (Wildman–Crippen LogP) is 1.61. The number of ketones is 1. The number of nitrogens with one attached hydrogen (secondary N) is 2. The van der Waals surface area contributed by atoms with E-state index in [9.17, 15) is 24.0 Å². The normalized spacial score (nSPS) is 20.5. The minimum absolute atomic E-state index is 0.142. The van der Waals surface area contributed by atoms with E-state index >= 15 is 0 Å². The lowest BCUT2D eigenvalue weighted by molar-refractivity contribution is -0.136. The minimum atomic E-state index is -0.693. The first-order valence-electron chi connectivity index (χ1n) is 11.9. The Labute approximate surface area is 204 Å². The largest absolute Gasteiger partial charge is 0.444 e. The standard InChI is InChI=1S/C25H32N4O6/c1-14(30)18-8-19-17(13-29(23(19)33)20-5-6-21(31)27-22(20)32)7-16(18)10-26-9-15-11-28(12-15)24(34)35-25(2,3)4/h7-8,15,20,26H,5-6,9-13H2,1-4H3,(H,27,31,32). The molecule has 2 N–H and O–H groups in total. The van der Waals surface area contributed by atoms with E-state index in [-0.39, 0.29) is 36.7 Å². The van der Waals surface area contributed by atoms with Crippen LogP contribution in [0.4, 0.5) is 4.79 Å². The van der Waals surface area contributed by atoms with Crippen molar-refractivity contribution in [2.75, 3.05) is 19.6 Å². The molecular formula is C25H32N4O6. The van der Waals surface area contributed by atoms with Crippen LogP contribution >= 0.6 is 0 Å². The van der Waals surface area contributed by atoms with Gasteiger partial charge in [-0.2, -0.15) is 0 Å². The molecule has 1 aromatic carbocycles. The molecule has 1 aromatic rings. The van der Waals surface area contributed by atoms with Crippen molar-refractivity contribution < 1.29 is 28.7 Å². The molecule has 3 aliphatic rings. The molecule has 0 bridgehead atoms. The number of amides is 4. The van der Waals surface area contributed by atoms with Gasteiger partial charge in [-0.1, -0.05) is 6.07 Å². The number of fused-ring (bicyclic) bond motifs is 1. The number of hydrogen-bond donors (Lipinski definition) is 2. The quantitative estimate of drug-likeness (QED) is 0.464. The molecule has 0 spiro atoms. The number of imide groups is 1. The summed E-state index contributed by atoms with van der Waals surface area (Å²) in [6.45, 7) is 9.58. The van der Waals surface area contributed by atoms with Crippen LogP contribution < -0.4 is 10.6 Å². The minimum Gasteiger partial charge on any atom is -0.444 e. The lowest BCUT2D eigenvalue weighted by Crippen LogP contribution is -2.54. The Morgan fingerprint density at radius 3 is 2.51 bits per heavy atom. The number of carbonyl (C=O) groups excluding carboxylic acids is 5. The highest BCUT2D eigenvalue weighted by Gasteiger charge is 2.39. The molecule has 0 saturated carbocycles. The van der Waals surface area contributed by atoms with Gasteiger partial charge in [0.05, 0.1) is 0 Å². The van der Waals surface area contributed by atoms with E-state index in [2.05, 4.69) is 10.6 Å². The maximum Gasteiger partial charge on any atom is 0.410 e. The van der Waals surface area contributed by atoms with Crippen LogP contribution in [0.1, 0.15) is 72.4 Å². The van der Waals surface area contributed by atoms with Gasteiger partial charge >= 0.3 is 6.09 Å². The number of nitrogens with zero attached hydrogens (tertiary/aromatic N) is 2. The molecule has 4 rings (SSSR count). The van der Waals surface area contributed by atoms with E-state index in [0.29, 0.717) is 49.6 Å². The van der Waals surface area contributed by atoms with E-state index in [0.717, 1.165) is 11.1 Å². The highest BCUT2D eigenvalue weighted by Crippen LogP contribution is 2.30. The number of benzene rings is 1. The number of Topliss-reactive ketones (excluding diaryl/α,β-unsaturated/α-hetero) is 1. The fourth-order valence-corrected chi connectivity index (χ4v) is 4.73. The molecule has 0 aromatic heterocycles. The van der Waals surface area contributed by atoms with Gasteiger partial charge in [-0.05, 0) is 51.3 Å². The lowest BCUT2D eigenvalue weighted by atomic mass is 9.96. The van der Waals surface area contributed by atoms with Gasteiger partial charge in [-0.15, -0.1) is 0 Å². The molecule has 10 nitrogen and oxygen atoms in total. The maximum absolute atomic E-state index is 13.0. The van der Waals surface area contributed by atoms with Crippen molar-refractivity contribution in [2.24, 2.45) is 5.92 Å². The first-order chi connectivity index (χ1) is 16.4. The summed E-state index contributed by atoms with van der Waals surface area (Å²) >= 11 is 0. The second-order valence-electron chi connectivity index (χ2n) is 10.5. The van der Waals surface area contributed by atoms with Crippen molar-refractivity contribution in [3.63, 3.8) is 0 Å². The summed E-state index contributed by atoms with van der Waals surface area (Å²) in [4.78, 5) is 64.3. The maximum atomic E-state index is 13.0. The summed E-state index contributed by atoms with van der Waals surface area (Å²) in [6, 6.07) is 2.79. The van der Waals surface area contributed by atoms with Crippen molar-refractivity contribution >= 4 is 29.6 Å². The van der Waals surface area contributed by atoms with Gasteiger partial charge < -0.3 is 19.9 Å². The Balaban J connectivity index is 1.37. The van der Waals surface area contributed by atoms with Gasteiger partial charge in [0.1, 0.15) is 11.6 Å². The number of carbonyl (C=O) groups is 5. The highest BCUT2D eigenvalue weighted by molar-refractivity contribution is 6.07. The number of piperidine rings is 1. The molecule has 1 unspecified atom stereocenters. The topological polar surface area (TPSA) is 125 Å². The molecular weight excluding hydrogens is 452 g/mol. The lowest BCUT2D eigenvalue weighted by Gasteiger charge is -2.39. The summed E-state index contributed by atoms with van der Waals surface area (Å²) in [7, 11) is 0. The molecule has 2 saturated heterocycles. The first kappa shape index (κ1) is 24.8. The van der Waals surface area contributed by atoms with Gasteiger partial charge in [-0.25, -0.2) is 4.79 Å². The molecule has 3 aliphatic heterocycles. The third kappa shape index (κ3) is 5.37. The number of likely N-dealkylation sites (tertiary alicyclic amines) is 1. The van der Waals surface area contributed by atoms with Gasteiger partial charge in [0.25, 0.3) is 5.91 Å². The van der Waals surface area contributed by atoms with Crippen LogP contribution in [0.15, 0.2) is 12.1 Å². The molecule has 4 amide bonds. The molecule has 0 aliphatic carbocycles. The van der Waals surface area contributed by atoms with E-state index in [1.807, 2.05) is 26.8 Å². The van der Waals surface area contributed by atoms with Gasteiger partial charge in [0.15, 0.2) is 5.78 Å². The Morgan fingerprint density at radius 1 is 1.17 bits per heavy atom. The van der Waals surface area contributed by atoms with Crippen LogP contribution in [0.5, 0.6) is 0 Å². The van der Waals surface area contributed by atoms with Crippen LogP contribution in [0.25, 0.3) is 0 Å². The fraction of sp³-hybridized carbons (Fsp3) is 0.560. The fourth-order valence-electron chi connectivity index (χ4n) is 4.73. The zero-order valence-corrected chi connectivity index (χ0v) is 20.6. The van der Waals surface area contributed by atoms with Crippen molar-refractivity contribution in [2.45, 2.75) is 65.3 Å². The van der Waals surface area contributed by atoms with Crippen LogP contribution in [0.3, 0.4) is 0 Å². The van der Waals surface area contributed by atoms with Crippen LogP contribution in [0.2, 0.25) is 0 Å². The van der Waals surface area contributed by atoms with Crippen molar-refractivity contribution in [3.8, 4) is 0 Å². The van der Waals surface area contributed by atoms with Crippen molar-refractivity contribution in [1.29, 1.82) is 0 Å². The zero-order valence-electron chi connectivity index (χ0n) is 20.6. The average molecular weight is 485 g/mol. The van der Waals surface area contributed by atoms with Gasteiger partial charge in [0, 0.05) is 56.2 Å². The second kappa shape index (κ2) is 9.41. The molecule has 35 heavy (non-hydrogen) atoms. The SMILES string of the molecule is CC(=O)c1cc2c(cc1CNCC1CN(C(=O)OC(C)(C)C)C1)CN(C1CCC(=O)NC1=O)C2=O. The summed E-state index contributed by atoms with van der Waals surface area (Å²) < 4.78 is 5.38. The molecule has 188 valence electrons. The van der Waals surface area contributed by atoms with Crippen LogP contribution in [-0.4, -0.2) is 70.7 Å². The predicted molar refractivity (Wildman–Crippen MR) is 125 cm³/mol. The molecule has 0 radical (unpaired) electrons. The molecule has 3 heterocycles. The van der Waals surface area contributed by atoms with E-state index in [1.54, 1.807) is 11.0 Å². The van der Waals surface area contributed by atoms with E-state index in [4.69, 9.17) is 4.74 Å². The summed E-state index contributed by atoms with van der Waals surface area (Å²) in [5.41, 5.74) is 1.93. The molecule has 1 atom stereocenters. The molecule has 10 heteroatoms. The van der Waals surface area contributed by atoms with Gasteiger partial charge in [-0.3, -0.25) is 24.5 Å². The highest BCUT2D eigenvalue weighted by atomic mass is 16.6. The first-order valence-corrected chi connectivity index (χ1v) is 11.9. The van der Waals surface area contributed by atoms with Crippen molar-refractivity contribution in [3.05, 3.63) is 34.4 Å². The van der Waals surface area contributed by atoms with Crippen molar-refractivity contribution in [1.82, 2.24) is 20.4 Å². The number of rotatable bonds is 6. The molecule has 2 fully saturated rings. The third-order valence-corrected chi connectivity index (χ3v) is 6.48. The number of hydrogen-bond acceptors (Lipinski definition) is 7. The van der Waals surface area contributed by atoms with Crippen LogP contribution in [0, 0.1) is 5.92 Å². The number of ether oxygens (including phenoxy) is 1. The smallest absolute Gasteiger partial charge is 0.410 e. The summed E-state index contributed by atoms with van der Waals surface area (Å²) in [6.07, 6.45) is 0.174. The third-order valence-electron chi connectivity index (χ3n) is 6.48. The van der Waals surface area contributed by atoms with E-state index < -0.39 is 17.6 Å². The average Bonchev–Trinajstić information content (AvgIpc) is 3.03. The van der Waals surface area contributed by atoms with E-state index in [1.165, 1.54) is 11.8 Å². The monoisotopic (exact) mass is 484 g/mol.